The first-order chi connectivity index (χ1) is 9.51. The minimum absolute atomic E-state index is 0.257. The first kappa shape index (κ1) is 14.2. The number of benzene rings is 2. The van der Waals surface area contributed by atoms with Gasteiger partial charge in [-0.15, -0.1) is 0 Å². The minimum Gasteiger partial charge on any atom is -0.496 e. The van der Waals surface area contributed by atoms with Crippen LogP contribution in [0.5, 0.6) is 5.75 Å². The Labute approximate surface area is 122 Å². The third kappa shape index (κ3) is 3.03. The van der Waals surface area contributed by atoms with Gasteiger partial charge in [-0.1, -0.05) is 23.2 Å². The number of halogens is 1. The number of aryl methyl sites for hydroxylation is 1. The van der Waals surface area contributed by atoms with Crippen molar-refractivity contribution in [1.82, 2.24) is 0 Å². The van der Waals surface area contributed by atoms with Crippen LogP contribution in [-0.4, -0.2) is 13.0 Å². The monoisotopic (exact) mass is 290 g/mol. The average Bonchev–Trinajstić information content (AvgIpc) is 2.43. The van der Waals surface area contributed by atoms with Gasteiger partial charge in [0.15, 0.2) is 0 Å². The average molecular weight is 291 g/mol. The number of ether oxygens (including phenoxy) is 1. The molecule has 2 aromatic rings. The molecule has 0 spiro atoms. The first-order valence-electron chi connectivity index (χ1n) is 6.02. The Morgan fingerprint density at radius 1 is 1.25 bits per heavy atom. The number of amides is 1. The van der Waals surface area contributed by atoms with Gasteiger partial charge in [0.1, 0.15) is 5.75 Å². The summed E-state index contributed by atoms with van der Waals surface area (Å²) in [4.78, 5) is 12.3. The van der Waals surface area contributed by atoms with Crippen molar-refractivity contribution in [2.24, 2.45) is 0 Å². The zero-order valence-corrected chi connectivity index (χ0v) is 12.0. The molecular formula is C15H15ClN2O2. The van der Waals surface area contributed by atoms with Gasteiger partial charge in [-0.3, -0.25) is 4.79 Å². The second-order valence-electron chi connectivity index (χ2n) is 4.39. The Bertz CT molecular complexity index is 656. The van der Waals surface area contributed by atoms with Crippen LogP contribution in [0.3, 0.4) is 0 Å². The fraction of sp³-hybridized carbons (Fsp3) is 0.133. The van der Waals surface area contributed by atoms with Crippen molar-refractivity contribution < 1.29 is 9.53 Å². The van der Waals surface area contributed by atoms with E-state index >= 15 is 0 Å². The predicted molar refractivity (Wildman–Crippen MR) is 81.5 cm³/mol. The van der Waals surface area contributed by atoms with E-state index in [9.17, 15) is 4.79 Å². The first-order valence-corrected chi connectivity index (χ1v) is 6.40. The van der Waals surface area contributed by atoms with Crippen molar-refractivity contribution >= 4 is 28.9 Å². The molecule has 0 aliphatic heterocycles. The summed E-state index contributed by atoms with van der Waals surface area (Å²) in [5, 5.41) is 3.23. The standard InChI is InChI=1S/C15H15ClN2O2/c1-9-3-6-14(20-2)11(7-9)15(19)18-10-4-5-12(16)13(17)8-10/h3-8H,17H2,1-2H3,(H,18,19). The maximum Gasteiger partial charge on any atom is 0.259 e. The zero-order valence-electron chi connectivity index (χ0n) is 11.2. The third-order valence-corrected chi connectivity index (χ3v) is 3.20. The van der Waals surface area contributed by atoms with Gasteiger partial charge in [-0.2, -0.15) is 0 Å². The molecule has 0 fully saturated rings. The molecule has 1 amide bonds. The molecule has 0 bridgehead atoms. The predicted octanol–water partition coefficient (Wildman–Crippen LogP) is 3.49. The molecule has 0 heterocycles. The lowest BCUT2D eigenvalue weighted by molar-refractivity contribution is 0.102. The van der Waals surface area contributed by atoms with Crippen LogP contribution in [0.2, 0.25) is 5.02 Å². The normalized spacial score (nSPS) is 10.2. The highest BCUT2D eigenvalue weighted by Gasteiger charge is 2.13. The topological polar surface area (TPSA) is 64.3 Å². The van der Waals surface area contributed by atoms with E-state index < -0.39 is 0 Å². The van der Waals surface area contributed by atoms with E-state index in [1.54, 1.807) is 30.3 Å². The van der Waals surface area contributed by atoms with Crippen molar-refractivity contribution in [2.75, 3.05) is 18.2 Å². The van der Waals surface area contributed by atoms with E-state index in [4.69, 9.17) is 22.1 Å². The highest BCUT2D eigenvalue weighted by atomic mass is 35.5. The van der Waals surface area contributed by atoms with Crippen molar-refractivity contribution in [3.63, 3.8) is 0 Å². The molecular weight excluding hydrogens is 276 g/mol. The van der Waals surface area contributed by atoms with Gasteiger partial charge in [-0.25, -0.2) is 0 Å². The summed E-state index contributed by atoms with van der Waals surface area (Å²) < 4.78 is 5.20. The third-order valence-electron chi connectivity index (χ3n) is 2.85. The lowest BCUT2D eigenvalue weighted by atomic mass is 10.1. The highest BCUT2D eigenvalue weighted by molar-refractivity contribution is 6.33. The van der Waals surface area contributed by atoms with E-state index in [1.165, 1.54) is 7.11 Å². The maximum absolute atomic E-state index is 12.3. The van der Waals surface area contributed by atoms with Crippen molar-refractivity contribution in [3.05, 3.63) is 52.5 Å². The SMILES string of the molecule is COc1ccc(C)cc1C(=O)Nc1ccc(Cl)c(N)c1. The number of nitrogens with one attached hydrogen (secondary N) is 1. The number of carbonyl (C=O) groups is 1. The summed E-state index contributed by atoms with van der Waals surface area (Å²) in [6, 6.07) is 10.4. The van der Waals surface area contributed by atoms with Crippen LogP contribution in [-0.2, 0) is 0 Å². The summed E-state index contributed by atoms with van der Waals surface area (Å²) in [7, 11) is 1.53. The van der Waals surface area contributed by atoms with Gasteiger partial charge in [0.25, 0.3) is 5.91 Å². The largest absolute Gasteiger partial charge is 0.496 e. The molecule has 0 radical (unpaired) electrons. The lowest BCUT2D eigenvalue weighted by Gasteiger charge is -2.11. The van der Waals surface area contributed by atoms with E-state index in [0.29, 0.717) is 27.7 Å². The maximum atomic E-state index is 12.3. The smallest absolute Gasteiger partial charge is 0.259 e. The molecule has 4 nitrogen and oxygen atoms in total. The van der Waals surface area contributed by atoms with Crippen LogP contribution in [0.15, 0.2) is 36.4 Å². The molecule has 20 heavy (non-hydrogen) atoms. The van der Waals surface area contributed by atoms with Gasteiger partial charge in [0.05, 0.1) is 23.4 Å². The van der Waals surface area contributed by atoms with E-state index in [-0.39, 0.29) is 5.91 Å². The van der Waals surface area contributed by atoms with Crippen molar-refractivity contribution in [1.29, 1.82) is 0 Å². The second kappa shape index (κ2) is 5.84. The number of methoxy groups -OCH3 is 1. The fourth-order valence-corrected chi connectivity index (χ4v) is 1.94. The van der Waals surface area contributed by atoms with Crippen LogP contribution in [0.25, 0.3) is 0 Å². The minimum atomic E-state index is -0.257. The Hall–Kier alpha value is -2.20. The molecule has 5 heteroatoms. The number of anilines is 2. The van der Waals surface area contributed by atoms with Crippen LogP contribution >= 0.6 is 11.6 Å². The van der Waals surface area contributed by atoms with Gasteiger partial charge < -0.3 is 15.8 Å². The molecule has 0 aliphatic carbocycles. The number of nitrogens with two attached hydrogens (primary N) is 1. The number of nitrogen functional groups attached to an aromatic ring is 1. The van der Waals surface area contributed by atoms with E-state index in [1.807, 2.05) is 13.0 Å². The summed E-state index contributed by atoms with van der Waals surface area (Å²) in [5.41, 5.74) is 8.16. The Morgan fingerprint density at radius 2 is 2.00 bits per heavy atom. The number of carbonyl (C=O) groups excluding carboxylic acids is 1. The molecule has 0 saturated heterocycles. The Kier molecular flexibility index (Phi) is 4.15. The van der Waals surface area contributed by atoms with Crippen LogP contribution in [0, 0.1) is 6.92 Å². The quantitative estimate of drug-likeness (QED) is 0.851. The molecule has 2 aromatic carbocycles. The van der Waals surface area contributed by atoms with Gasteiger partial charge in [-0.05, 0) is 37.3 Å². The molecule has 0 unspecified atom stereocenters. The summed E-state index contributed by atoms with van der Waals surface area (Å²) in [6.07, 6.45) is 0. The van der Waals surface area contributed by atoms with Crippen molar-refractivity contribution in [3.8, 4) is 5.75 Å². The summed E-state index contributed by atoms with van der Waals surface area (Å²) >= 11 is 5.84. The highest BCUT2D eigenvalue weighted by Crippen LogP contribution is 2.24. The second-order valence-corrected chi connectivity index (χ2v) is 4.80. The number of rotatable bonds is 3. The number of hydrogen-bond donors (Lipinski definition) is 2. The fourth-order valence-electron chi connectivity index (χ4n) is 1.82. The summed E-state index contributed by atoms with van der Waals surface area (Å²) in [6.45, 7) is 1.91. The molecule has 0 atom stereocenters. The molecule has 3 N–H and O–H groups in total. The molecule has 104 valence electrons. The van der Waals surface area contributed by atoms with Crippen LogP contribution in [0.1, 0.15) is 15.9 Å². The van der Waals surface area contributed by atoms with Crippen LogP contribution in [0.4, 0.5) is 11.4 Å². The number of hydrogen-bond acceptors (Lipinski definition) is 3. The molecule has 0 aromatic heterocycles. The van der Waals surface area contributed by atoms with Gasteiger partial charge in [0, 0.05) is 5.69 Å². The molecule has 0 aliphatic rings. The Balaban J connectivity index is 2.27. The van der Waals surface area contributed by atoms with E-state index in [0.717, 1.165) is 5.56 Å². The Morgan fingerprint density at radius 3 is 2.65 bits per heavy atom. The summed E-state index contributed by atoms with van der Waals surface area (Å²) in [5.74, 6) is 0.266. The van der Waals surface area contributed by atoms with Gasteiger partial charge >= 0.3 is 0 Å². The molecule has 2 rings (SSSR count). The zero-order chi connectivity index (χ0) is 14.7. The lowest BCUT2D eigenvalue weighted by Crippen LogP contribution is -2.13. The van der Waals surface area contributed by atoms with Crippen LogP contribution < -0.4 is 15.8 Å². The van der Waals surface area contributed by atoms with Gasteiger partial charge in [0.2, 0.25) is 0 Å². The van der Waals surface area contributed by atoms with E-state index in [2.05, 4.69) is 5.32 Å². The van der Waals surface area contributed by atoms with Crippen molar-refractivity contribution in [2.45, 2.75) is 6.92 Å². The molecule has 0 saturated carbocycles.